The van der Waals surface area contributed by atoms with Gasteiger partial charge in [-0.25, -0.2) is 4.98 Å². The van der Waals surface area contributed by atoms with Gasteiger partial charge in [0, 0.05) is 12.2 Å². The molecule has 0 spiro atoms. The third kappa shape index (κ3) is 3.23. The zero-order valence-electron chi connectivity index (χ0n) is 10.7. The van der Waals surface area contributed by atoms with E-state index >= 15 is 0 Å². The number of aryl methyl sites for hydroxylation is 2. The Hall–Kier alpha value is -0.540. The summed E-state index contributed by atoms with van der Waals surface area (Å²) in [5.41, 5.74) is 9.82. The number of unbranched alkanes of at least 4 members (excludes halogenated alkanes) is 2. The molecule has 0 aliphatic heterocycles. The van der Waals surface area contributed by atoms with Crippen LogP contribution < -0.4 is 5.73 Å². The molecule has 17 heavy (non-hydrogen) atoms. The van der Waals surface area contributed by atoms with Crippen molar-refractivity contribution in [2.24, 2.45) is 5.73 Å². The van der Waals surface area contributed by atoms with Crippen LogP contribution in [0.4, 0.5) is 0 Å². The van der Waals surface area contributed by atoms with Gasteiger partial charge in [-0.15, -0.1) is 11.8 Å². The van der Waals surface area contributed by atoms with Crippen LogP contribution >= 0.6 is 11.8 Å². The monoisotopic (exact) mass is 250 g/mol. The summed E-state index contributed by atoms with van der Waals surface area (Å²) in [6, 6.07) is 2.29. The first-order valence-electron chi connectivity index (χ1n) is 6.69. The Labute approximate surface area is 108 Å². The first-order valence-corrected chi connectivity index (χ1v) is 7.68. The highest BCUT2D eigenvalue weighted by atomic mass is 32.2. The molecule has 0 saturated heterocycles. The van der Waals surface area contributed by atoms with Crippen LogP contribution in [0.2, 0.25) is 0 Å². The summed E-state index contributed by atoms with van der Waals surface area (Å²) in [5, 5.41) is 1.18. The van der Waals surface area contributed by atoms with Crippen molar-refractivity contribution >= 4 is 11.8 Å². The lowest BCUT2D eigenvalue weighted by atomic mass is 10.1. The second-order valence-corrected chi connectivity index (χ2v) is 5.76. The van der Waals surface area contributed by atoms with Gasteiger partial charge in [0.25, 0.3) is 0 Å². The SMILES string of the molecule is CCCCCSc1nc2c(cc1CN)CCC2. The highest BCUT2D eigenvalue weighted by molar-refractivity contribution is 7.99. The van der Waals surface area contributed by atoms with E-state index in [4.69, 9.17) is 10.7 Å². The van der Waals surface area contributed by atoms with Crippen molar-refractivity contribution in [1.29, 1.82) is 0 Å². The molecule has 2 nitrogen and oxygen atoms in total. The predicted octanol–water partition coefficient (Wildman–Crippen LogP) is 3.31. The number of hydrogen-bond donors (Lipinski definition) is 1. The van der Waals surface area contributed by atoms with Gasteiger partial charge in [0.15, 0.2) is 0 Å². The fourth-order valence-corrected chi connectivity index (χ4v) is 3.34. The second-order valence-electron chi connectivity index (χ2n) is 4.67. The molecule has 2 N–H and O–H groups in total. The largest absolute Gasteiger partial charge is 0.326 e. The van der Waals surface area contributed by atoms with Crippen LogP contribution in [-0.4, -0.2) is 10.7 Å². The van der Waals surface area contributed by atoms with E-state index < -0.39 is 0 Å². The quantitative estimate of drug-likeness (QED) is 0.622. The van der Waals surface area contributed by atoms with Crippen LogP contribution in [0.25, 0.3) is 0 Å². The first kappa shape index (κ1) is 12.9. The van der Waals surface area contributed by atoms with Gasteiger partial charge >= 0.3 is 0 Å². The van der Waals surface area contributed by atoms with Crippen LogP contribution in [0.1, 0.15) is 49.4 Å². The molecule has 1 aromatic heterocycles. The summed E-state index contributed by atoms with van der Waals surface area (Å²) in [6.07, 6.45) is 7.48. The van der Waals surface area contributed by atoms with Crippen LogP contribution in [-0.2, 0) is 19.4 Å². The maximum Gasteiger partial charge on any atom is 0.101 e. The molecule has 0 fully saturated rings. The number of hydrogen-bond acceptors (Lipinski definition) is 3. The van der Waals surface area contributed by atoms with Crippen molar-refractivity contribution < 1.29 is 0 Å². The van der Waals surface area contributed by atoms with Gasteiger partial charge in [-0.2, -0.15) is 0 Å². The van der Waals surface area contributed by atoms with Crippen molar-refractivity contribution in [2.45, 2.75) is 57.0 Å². The second kappa shape index (κ2) is 6.41. The molecule has 0 radical (unpaired) electrons. The third-order valence-corrected chi connectivity index (χ3v) is 4.42. The van der Waals surface area contributed by atoms with Gasteiger partial charge in [-0.3, -0.25) is 0 Å². The summed E-state index contributed by atoms with van der Waals surface area (Å²) >= 11 is 1.89. The smallest absolute Gasteiger partial charge is 0.101 e. The molecule has 0 atom stereocenters. The van der Waals surface area contributed by atoms with Gasteiger partial charge in [0.05, 0.1) is 0 Å². The Morgan fingerprint density at radius 1 is 1.35 bits per heavy atom. The van der Waals surface area contributed by atoms with Crippen LogP contribution in [0, 0.1) is 0 Å². The number of nitrogens with two attached hydrogens (primary N) is 1. The maximum atomic E-state index is 5.82. The Balaban J connectivity index is 2.04. The minimum absolute atomic E-state index is 0.621. The summed E-state index contributed by atoms with van der Waals surface area (Å²) in [7, 11) is 0. The molecule has 0 aromatic carbocycles. The molecule has 1 heterocycles. The van der Waals surface area contributed by atoms with Gasteiger partial charge < -0.3 is 5.73 Å². The molecule has 0 bridgehead atoms. The number of aromatic nitrogens is 1. The zero-order valence-corrected chi connectivity index (χ0v) is 11.5. The van der Waals surface area contributed by atoms with E-state index in [1.54, 1.807) is 0 Å². The summed E-state index contributed by atoms with van der Waals surface area (Å²) in [6.45, 7) is 2.86. The van der Waals surface area contributed by atoms with Gasteiger partial charge in [-0.1, -0.05) is 25.8 Å². The molecule has 0 amide bonds. The van der Waals surface area contributed by atoms with Crippen molar-refractivity contribution in [1.82, 2.24) is 4.98 Å². The number of thioether (sulfide) groups is 1. The minimum Gasteiger partial charge on any atom is -0.326 e. The van der Waals surface area contributed by atoms with E-state index in [2.05, 4.69) is 13.0 Å². The van der Waals surface area contributed by atoms with Crippen molar-refractivity contribution in [2.75, 3.05) is 5.75 Å². The van der Waals surface area contributed by atoms with Crippen LogP contribution in [0.5, 0.6) is 0 Å². The minimum atomic E-state index is 0.621. The Bertz CT molecular complexity index is 377. The average molecular weight is 250 g/mol. The highest BCUT2D eigenvalue weighted by Gasteiger charge is 2.15. The number of fused-ring (bicyclic) bond motifs is 1. The van der Waals surface area contributed by atoms with Gasteiger partial charge in [0.2, 0.25) is 0 Å². The van der Waals surface area contributed by atoms with Crippen LogP contribution in [0.15, 0.2) is 11.1 Å². The van der Waals surface area contributed by atoms with Gasteiger partial charge in [-0.05, 0) is 42.6 Å². The van der Waals surface area contributed by atoms with E-state index in [1.165, 1.54) is 59.7 Å². The predicted molar refractivity (Wildman–Crippen MR) is 74.4 cm³/mol. The number of rotatable bonds is 6. The highest BCUT2D eigenvalue weighted by Crippen LogP contribution is 2.28. The molecular formula is C14H22N2S. The maximum absolute atomic E-state index is 5.82. The molecule has 1 aliphatic rings. The molecule has 3 heteroatoms. The molecule has 94 valence electrons. The fraction of sp³-hybridized carbons (Fsp3) is 0.643. The normalized spacial score (nSPS) is 14.0. The summed E-state index contributed by atoms with van der Waals surface area (Å²) < 4.78 is 0. The van der Waals surface area contributed by atoms with E-state index in [0.29, 0.717) is 6.54 Å². The van der Waals surface area contributed by atoms with Gasteiger partial charge in [0.1, 0.15) is 5.03 Å². The van der Waals surface area contributed by atoms with Crippen molar-refractivity contribution in [3.05, 3.63) is 22.9 Å². The fourth-order valence-electron chi connectivity index (χ4n) is 2.29. The van der Waals surface area contributed by atoms with E-state index in [0.717, 1.165) is 6.42 Å². The van der Waals surface area contributed by atoms with Crippen LogP contribution in [0.3, 0.4) is 0 Å². The Morgan fingerprint density at radius 3 is 3.00 bits per heavy atom. The molecule has 1 aromatic rings. The number of pyridine rings is 1. The lowest BCUT2D eigenvalue weighted by Crippen LogP contribution is -2.03. The van der Waals surface area contributed by atoms with Crippen molar-refractivity contribution in [3.8, 4) is 0 Å². The molecule has 0 unspecified atom stereocenters. The van der Waals surface area contributed by atoms with E-state index in [1.807, 2.05) is 11.8 Å². The molecule has 0 saturated carbocycles. The van der Waals surface area contributed by atoms with E-state index in [-0.39, 0.29) is 0 Å². The standard InChI is InChI=1S/C14H22N2S/c1-2-3-4-8-17-14-12(10-15)9-11-6-5-7-13(11)16-14/h9H,2-8,10,15H2,1H3. The molecule has 1 aliphatic carbocycles. The molecular weight excluding hydrogens is 228 g/mol. The Kier molecular flexibility index (Phi) is 4.86. The molecule has 2 rings (SSSR count). The van der Waals surface area contributed by atoms with Crippen molar-refractivity contribution in [3.63, 3.8) is 0 Å². The average Bonchev–Trinajstić information content (AvgIpc) is 2.80. The third-order valence-electron chi connectivity index (χ3n) is 3.30. The van der Waals surface area contributed by atoms with E-state index in [9.17, 15) is 0 Å². The lowest BCUT2D eigenvalue weighted by molar-refractivity contribution is 0.777. The summed E-state index contributed by atoms with van der Waals surface area (Å²) in [4.78, 5) is 4.80. The number of nitrogens with zero attached hydrogens (tertiary/aromatic N) is 1. The lowest BCUT2D eigenvalue weighted by Gasteiger charge is -2.09. The topological polar surface area (TPSA) is 38.9 Å². The summed E-state index contributed by atoms with van der Waals surface area (Å²) in [5.74, 6) is 1.17. The first-order chi connectivity index (χ1) is 8.35. The zero-order chi connectivity index (χ0) is 12.1. The Morgan fingerprint density at radius 2 is 2.24 bits per heavy atom.